The minimum absolute atomic E-state index is 0.114. The Labute approximate surface area is 76.4 Å². The molecule has 1 rings (SSSR count). The highest BCUT2D eigenvalue weighted by molar-refractivity contribution is 6.30. The Bertz CT molecular complexity index is 276. The molecule has 0 saturated carbocycles. The number of hydrogen-bond acceptors (Lipinski definition) is 3. The van der Waals surface area contributed by atoms with Crippen LogP contribution >= 0.6 is 11.6 Å². The lowest BCUT2D eigenvalue weighted by molar-refractivity contribution is 0.281. The molecule has 0 aliphatic heterocycles. The van der Waals surface area contributed by atoms with Crippen LogP contribution in [0.3, 0.4) is 0 Å². The highest BCUT2D eigenvalue weighted by Crippen LogP contribution is 2.15. The number of halogens is 1. The van der Waals surface area contributed by atoms with Gasteiger partial charge in [-0.3, -0.25) is 0 Å². The Balaban J connectivity index is 3.02. The number of nitrogens with zero attached hydrogens (tertiary/aromatic N) is 2. The highest BCUT2D eigenvalue weighted by atomic mass is 35.5. The maximum Gasteiger partial charge on any atom is 0.138 e. The molecule has 0 spiro atoms. The first kappa shape index (κ1) is 9.42. The van der Waals surface area contributed by atoms with Crippen LogP contribution < -0.4 is 0 Å². The van der Waals surface area contributed by atoms with Crippen LogP contribution in [-0.4, -0.2) is 15.1 Å². The average molecular weight is 187 g/mol. The van der Waals surface area contributed by atoms with Gasteiger partial charge in [0.1, 0.15) is 11.0 Å². The van der Waals surface area contributed by atoms with Crippen LogP contribution in [0.1, 0.15) is 31.2 Å². The van der Waals surface area contributed by atoms with Crippen molar-refractivity contribution in [3.05, 3.63) is 22.7 Å². The van der Waals surface area contributed by atoms with Crippen LogP contribution in [0.15, 0.2) is 6.20 Å². The molecule has 1 heterocycles. The zero-order valence-corrected chi connectivity index (χ0v) is 7.84. The molecule has 0 fully saturated rings. The summed E-state index contributed by atoms with van der Waals surface area (Å²) in [7, 11) is 0. The summed E-state index contributed by atoms with van der Waals surface area (Å²) in [5, 5.41) is 9.13. The van der Waals surface area contributed by atoms with Crippen molar-refractivity contribution in [2.24, 2.45) is 0 Å². The Morgan fingerprint density at radius 3 is 2.67 bits per heavy atom. The second-order valence-corrected chi connectivity index (χ2v) is 3.22. The van der Waals surface area contributed by atoms with Crippen molar-refractivity contribution in [1.82, 2.24) is 9.97 Å². The van der Waals surface area contributed by atoms with E-state index in [2.05, 4.69) is 9.97 Å². The summed E-state index contributed by atoms with van der Waals surface area (Å²) in [6, 6.07) is 0. The van der Waals surface area contributed by atoms with E-state index in [1.54, 1.807) is 6.20 Å². The van der Waals surface area contributed by atoms with Gasteiger partial charge in [-0.05, 0) is 0 Å². The van der Waals surface area contributed by atoms with Crippen LogP contribution in [0.4, 0.5) is 0 Å². The van der Waals surface area contributed by atoms with Crippen molar-refractivity contribution >= 4 is 11.6 Å². The predicted molar refractivity (Wildman–Crippen MR) is 47.1 cm³/mol. The van der Waals surface area contributed by atoms with E-state index in [-0.39, 0.29) is 12.5 Å². The van der Waals surface area contributed by atoms with E-state index in [0.29, 0.717) is 16.5 Å². The molecule has 0 unspecified atom stereocenters. The Morgan fingerprint density at radius 1 is 1.58 bits per heavy atom. The lowest BCUT2D eigenvalue weighted by Crippen LogP contribution is -2.00. The summed E-state index contributed by atoms with van der Waals surface area (Å²) in [5.74, 6) is 0.965. The average Bonchev–Trinajstić information content (AvgIpc) is 2.04. The molecule has 0 aliphatic carbocycles. The van der Waals surface area contributed by atoms with Crippen LogP contribution in [0, 0.1) is 0 Å². The summed E-state index contributed by atoms with van der Waals surface area (Å²) in [6.07, 6.45) is 1.56. The number of hydrogen-bond donors (Lipinski definition) is 1. The monoisotopic (exact) mass is 186 g/mol. The van der Waals surface area contributed by atoms with Crippen molar-refractivity contribution in [3.63, 3.8) is 0 Å². The van der Waals surface area contributed by atoms with Gasteiger partial charge in [0.15, 0.2) is 0 Å². The fourth-order valence-electron chi connectivity index (χ4n) is 0.783. The van der Waals surface area contributed by atoms with Crippen molar-refractivity contribution < 1.29 is 5.11 Å². The second-order valence-electron chi connectivity index (χ2n) is 2.86. The molecule has 1 aromatic rings. The van der Waals surface area contributed by atoms with Gasteiger partial charge in [0, 0.05) is 17.7 Å². The highest BCUT2D eigenvalue weighted by Gasteiger charge is 2.06. The molecule has 0 radical (unpaired) electrons. The standard InChI is InChI=1S/C8H11ClN2O/c1-5(2)8-10-3-6(4-12)7(9)11-8/h3,5,12H,4H2,1-2H3. The molecule has 0 atom stereocenters. The molecule has 3 nitrogen and oxygen atoms in total. The van der Waals surface area contributed by atoms with Crippen LogP contribution in [0.2, 0.25) is 5.15 Å². The van der Waals surface area contributed by atoms with E-state index in [9.17, 15) is 0 Å². The van der Waals surface area contributed by atoms with Crippen molar-refractivity contribution in [3.8, 4) is 0 Å². The normalized spacial score (nSPS) is 10.8. The topological polar surface area (TPSA) is 46.0 Å². The second kappa shape index (κ2) is 3.83. The fourth-order valence-corrected chi connectivity index (χ4v) is 0.978. The number of aliphatic hydroxyl groups excluding tert-OH is 1. The SMILES string of the molecule is CC(C)c1ncc(CO)c(Cl)n1. The van der Waals surface area contributed by atoms with Gasteiger partial charge >= 0.3 is 0 Å². The molecule has 0 aliphatic rings. The molecule has 0 saturated heterocycles. The number of rotatable bonds is 2. The molecule has 0 bridgehead atoms. The zero-order chi connectivity index (χ0) is 9.14. The van der Waals surface area contributed by atoms with Gasteiger partial charge < -0.3 is 5.11 Å². The van der Waals surface area contributed by atoms with Gasteiger partial charge in [-0.25, -0.2) is 9.97 Å². The lowest BCUT2D eigenvalue weighted by Gasteiger charge is -2.04. The van der Waals surface area contributed by atoms with E-state index in [4.69, 9.17) is 16.7 Å². The third kappa shape index (κ3) is 1.93. The third-order valence-electron chi connectivity index (χ3n) is 1.52. The van der Waals surface area contributed by atoms with E-state index in [1.165, 1.54) is 0 Å². The van der Waals surface area contributed by atoms with Crippen molar-refractivity contribution in [2.45, 2.75) is 26.4 Å². The minimum Gasteiger partial charge on any atom is -0.392 e. The van der Waals surface area contributed by atoms with Gasteiger partial charge in [-0.15, -0.1) is 0 Å². The van der Waals surface area contributed by atoms with E-state index >= 15 is 0 Å². The van der Waals surface area contributed by atoms with E-state index in [0.717, 1.165) is 0 Å². The summed E-state index contributed by atoms with van der Waals surface area (Å²) in [6.45, 7) is 3.87. The van der Waals surface area contributed by atoms with Gasteiger partial charge in [-0.2, -0.15) is 0 Å². The van der Waals surface area contributed by atoms with E-state index in [1.807, 2.05) is 13.8 Å². The quantitative estimate of drug-likeness (QED) is 0.716. The largest absolute Gasteiger partial charge is 0.392 e. The molecule has 12 heavy (non-hydrogen) atoms. The molecule has 0 aromatic carbocycles. The molecule has 0 amide bonds. The third-order valence-corrected chi connectivity index (χ3v) is 1.84. The first-order valence-corrected chi connectivity index (χ1v) is 4.15. The Hall–Kier alpha value is -0.670. The summed E-state index contributed by atoms with van der Waals surface area (Å²) < 4.78 is 0. The minimum atomic E-state index is -0.114. The molecule has 1 aromatic heterocycles. The molecular weight excluding hydrogens is 176 g/mol. The Kier molecular flexibility index (Phi) is 3.00. The van der Waals surface area contributed by atoms with Gasteiger partial charge in [0.2, 0.25) is 0 Å². The van der Waals surface area contributed by atoms with Gasteiger partial charge in [0.05, 0.1) is 6.61 Å². The zero-order valence-electron chi connectivity index (χ0n) is 7.08. The number of aliphatic hydroxyl groups is 1. The predicted octanol–water partition coefficient (Wildman–Crippen LogP) is 1.75. The van der Waals surface area contributed by atoms with Crippen LogP contribution in [0.25, 0.3) is 0 Å². The first-order chi connectivity index (χ1) is 5.65. The first-order valence-electron chi connectivity index (χ1n) is 3.77. The van der Waals surface area contributed by atoms with Crippen molar-refractivity contribution in [1.29, 1.82) is 0 Å². The molecule has 1 N–H and O–H groups in total. The molecule has 66 valence electrons. The smallest absolute Gasteiger partial charge is 0.138 e. The summed E-state index contributed by atoms with van der Waals surface area (Å²) in [5.41, 5.74) is 0.570. The fraction of sp³-hybridized carbons (Fsp3) is 0.500. The molecular formula is C8H11ClN2O. The van der Waals surface area contributed by atoms with Crippen molar-refractivity contribution in [2.75, 3.05) is 0 Å². The van der Waals surface area contributed by atoms with Crippen LogP contribution in [-0.2, 0) is 6.61 Å². The summed E-state index contributed by atoms with van der Waals surface area (Å²) >= 11 is 5.76. The van der Waals surface area contributed by atoms with E-state index < -0.39 is 0 Å². The molecule has 4 heteroatoms. The number of aromatic nitrogens is 2. The van der Waals surface area contributed by atoms with Crippen LogP contribution in [0.5, 0.6) is 0 Å². The van der Waals surface area contributed by atoms with Gasteiger partial charge in [0.25, 0.3) is 0 Å². The van der Waals surface area contributed by atoms with Gasteiger partial charge in [-0.1, -0.05) is 25.4 Å². The lowest BCUT2D eigenvalue weighted by atomic mass is 10.2. The maximum atomic E-state index is 8.78. The summed E-state index contributed by atoms with van der Waals surface area (Å²) in [4.78, 5) is 8.09. The maximum absolute atomic E-state index is 8.78. The Morgan fingerprint density at radius 2 is 2.25 bits per heavy atom.